The van der Waals surface area contributed by atoms with Crippen LogP contribution in [0.25, 0.3) is 0 Å². The Morgan fingerprint density at radius 2 is 1.89 bits per heavy atom. The lowest BCUT2D eigenvalue weighted by Crippen LogP contribution is -2.31. The van der Waals surface area contributed by atoms with Crippen LogP contribution in [0, 0.1) is 31.6 Å². The van der Waals surface area contributed by atoms with Crippen molar-refractivity contribution in [3.63, 3.8) is 0 Å². The smallest absolute Gasteiger partial charge is 0.0138 e. The summed E-state index contributed by atoms with van der Waals surface area (Å²) in [6, 6.07) is 7.65. The molecule has 0 aliphatic heterocycles. The van der Waals surface area contributed by atoms with E-state index in [9.17, 15) is 0 Å². The minimum Gasteiger partial charge on any atom is -0.316 e. The Labute approximate surface area is 111 Å². The van der Waals surface area contributed by atoms with E-state index in [-0.39, 0.29) is 0 Å². The summed E-state index contributed by atoms with van der Waals surface area (Å²) in [5.41, 5.74) is 4.34. The van der Waals surface area contributed by atoms with E-state index >= 15 is 0 Å². The first kappa shape index (κ1) is 12.2. The van der Waals surface area contributed by atoms with E-state index in [1.807, 2.05) is 0 Å². The molecule has 0 spiro atoms. The highest BCUT2D eigenvalue weighted by atomic mass is 14.9. The second-order valence-electron chi connectivity index (χ2n) is 6.35. The molecule has 0 radical (unpaired) electrons. The summed E-state index contributed by atoms with van der Waals surface area (Å²) in [6.07, 6.45) is 5.65. The maximum absolute atomic E-state index is 3.58. The Balaban J connectivity index is 1.68. The fraction of sp³-hybridized carbons (Fsp3) is 0.647. The molecule has 0 aromatic heterocycles. The van der Waals surface area contributed by atoms with Gasteiger partial charge in [-0.2, -0.15) is 0 Å². The van der Waals surface area contributed by atoms with E-state index in [1.54, 1.807) is 0 Å². The van der Waals surface area contributed by atoms with Crippen molar-refractivity contribution in [1.82, 2.24) is 5.32 Å². The summed E-state index contributed by atoms with van der Waals surface area (Å²) >= 11 is 0. The van der Waals surface area contributed by atoms with E-state index in [4.69, 9.17) is 0 Å². The van der Waals surface area contributed by atoms with Crippen molar-refractivity contribution in [2.75, 3.05) is 7.05 Å². The van der Waals surface area contributed by atoms with Crippen LogP contribution in [-0.4, -0.2) is 13.1 Å². The van der Waals surface area contributed by atoms with Crippen LogP contribution < -0.4 is 5.32 Å². The third-order valence-electron chi connectivity index (χ3n) is 5.34. The summed E-state index contributed by atoms with van der Waals surface area (Å²) in [7, 11) is 2.14. The summed E-state index contributed by atoms with van der Waals surface area (Å²) in [5, 5.41) is 3.58. The molecule has 3 atom stereocenters. The molecule has 1 heteroatoms. The third kappa shape index (κ3) is 2.09. The molecule has 3 rings (SSSR count). The van der Waals surface area contributed by atoms with Gasteiger partial charge in [0.15, 0.2) is 0 Å². The Hall–Kier alpha value is -0.820. The van der Waals surface area contributed by atoms with E-state index in [0.29, 0.717) is 6.04 Å². The van der Waals surface area contributed by atoms with Crippen molar-refractivity contribution < 1.29 is 0 Å². The van der Waals surface area contributed by atoms with Gasteiger partial charge in [0.2, 0.25) is 0 Å². The van der Waals surface area contributed by atoms with Crippen LogP contribution in [0.5, 0.6) is 0 Å². The molecule has 3 unspecified atom stereocenters. The normalized spacial score (nSPS) is 31.2. The molecule has 1 N–H and O–H groups in total. The minimum absolute atomic E-state index is 0.697. The van der Waals surface area contributed by atoms with E-state index in [0.717, 1.165) is 17.8 Å². The number of nitrogens with one attached hydrogen (secondary N) is 1. The molecule has 0 amide bonds. The van der Waals surface area contributed by atoms with Gasteiger partial charge in [-0.1, -0.05) is 24.6 Å². The van der Waals surface area contributed by atoms with Crippen molar-refractivity contribution in [2.24, 2.45) is 17.8 Å². The molecule has 1 aromatic carbocycles. The Bertz CT molecular complexity index is 427. The van der Waals surface area contributed by atoms with Crippen LogP contribution in [0.4, 0.5) is 0 Å². The lowest BCUT2D eigenvalue weighted by atomic mass is 9.95. The van der Waals surface area contributed by atoms with Gasteiger partial charge in [0.05, 0.1) is 0 Å². The SMILES string of the molecule is CNC(Cc1ccc(C)c(C)c1)C1C2CCCC21. The van der Waals surface area contributed by atoms with Gasteiger partial charge in [-0.05, 0) is 74.6 Å². The molecule has 98 valence electrons. The Morgan fingerprint density at radius 1 is 1.17 bits per heavy atom. The predicted octanol–water partition coefficient (Wildman–Crippen LogP) is 3.48. The highest BCUT2D eigenvalue weighted by molar-refractivity contribution is 5.30. The Kier molecular flexibility index (Phi) is 3.19. The first-order valence-electron chi connectivity index (χ1n) is 7.44. The van der Waals surface area contributed by atoms with Crippen molar-refractivity contribution in [1.29, 1.82) is 0 Å². The zero-order valence-corrected chi connectivity index (χ0v) is 11.9. The van der Waals surface area contributed by atoms with Crippen LogP contribution in [0.3, 0.4) is 0 Å². The van der Waals surface area contributed by atoms with Gasteiger partial charge < -0.3 is 5.32 Å². The zero-order chi connectivity index (χ0) is 12.7. The summed E-state index contributed by atoms with van der Waals surface area (Å²) < 4.78 is 0. The molecule has 0 heterocycles. The molecule has 2 aliphatic rings. The van der Waals surface area contributed by atoms with E-state index in [1.165, 1.54) is 42.4 Å². The van der Waals surface area contributed by atoms with Gasteiger partial charge in [-0.3, -0.25) is 0 Å². The summed E-state index contributed by atoms with van der Waals surface area (Å²) in [4.78, 5) is 0. The standard InChI is InChI=1S/C17H25N/c1-11-7-8-13(9-12(11)2)10-16(18-3)17-14-5-4-6-15(14)17/h7-9,14-18H,4-6,10H2,1-3H3. The second-order valence-corrected chi connectivity index (χ2v) is 6.35. The fourth-order valence-electron chi connectivity index (χ4n) is 4.09. The van der Waals surface area contributed by atoms with Crippen LogP contribution >= 0.6 is 0 Å². The number of hydrogen-bond donors (Lipinski definition) is 1. The monoisotopic (exact) mass is 243 g/mol. The zero-order valence-electron chi connectivity index (χ0n) is 11.9. The van der Waals surface area contributed by atoms with Gasteiger partial charge in [0.25, 0.3) is 0 Å². The number of likely N-dealkylation sites (N-methyl/N-ethyl adjacent to an activating group) is 1. The average Bonchev–Trinajstić information content (AvgIpc) is 2.83. The molecule has 0 saturated heterocycles. The molecule has 18 heavy (non-hydrogen) atoms. The van der Waals surface area contributed by atoms with Crippen LogP contribution in [0.15, 0.2) is 18.2 Å². The average molecular weight is 243 g/mol. The van der Waals surface area contributed by atoms with Crippen molar-refractivity contribution >= 4 is 0 Å². The highest BCUT2D eigenvalue weighted by Gasteiger charge is 2.55. The lowest BCUT2D eigenvalue weighted by molar-refractivity contribution is 0.428. The van der Waals surface area contributed by atoms with E-state index in [2.05, 4.69) is 44.4 Å². The molecule has 2 aliphatic carbocycles. The third-order valence-corrected chi connectivity index (χ3v) is 5.34. The minimum atomic E-state index is 0.697. The maximum Gasteiger partial charge on any atom is 0.0138 e. The van der Waals surface area contributed by atoms with Gasteiger partial charge in [-0.25, -0.2) is 0 Å². The first-order chi connectivity index (χ1) is 8.70. The maximum atomic E-state index is 3.58. The Morgan fingerprint density at radius 3 is 2.50 bits per heavy atom. The summed E-state index contributed by atoms with van der Waals surface area (Å²) in [5.74, 6) is 3.06. The van der Waals surface area contributed by atoms with Crippen molar-refractivity contribution in [2.45, 2.75) is 45.6 Å². The molecule has 0 bridgehead atoms. The highest BCUT2D eigenvalue weighted by Crippen LogP contribution is 2.59. The molecule has 2 saturated carbocycles. The number of rotatable bonds is 4. The van der Waals surface area contributed by atoms with Crippen LogP contribution in [0.1, 0.15) is 36.0 Å². The lowest BCUT2D eigenvalue weighted by Gasteiger charge is -2.19. The molecular weight excluding hydrogens is 218 g/mol. The topological polar surface area (TPSA) is 12.0 Å². The molecule has 1 nitrogen and oxygen atoms in total. The van der Waals surface area contributed by atoms with E-state index < -0.39 is 0 Å². The predicted molar refractivity (Wildman–Crippen MR) is 76.8 cm³/mol. The molecular formula is C17H25N. The van der Waals surface area contributed by atoms with Crippen LogP contribution in [0.2, 0.25) is 0 Å². The number of aryl methyl sites for hydroxylation is 2. The van der Waals surface area contributed by atoms with Crippen molar-refractivity contribution in [3.8, 4) is 0 Å². The van der Waals surface area contributed by atoms with Crippen molar-refractivity contribution in [3.05, 3.63) is 34.9 Å². The second kappa shape index (κ2) is 4.70. The number of benzene rings is 1. The van der Waals surface area contributed by atoms with Gasteiger partial charge in [0, 0.05) is 6.04 Å². The van der Waals surface area contributed by atoms with Gasteiger partial charge in [0.1, 0.15) is 0 Å². The quantitative estimate of drug-likeness (QED) is 0.853. The fourth-order valence-corrected chi connectivity index (χ4v) is 4.09. The van der Waals surface area contributed by atoms with Crippen LogP contribution in [-0.2, 0) is 6.42 Å². The van der Waals surface area contributed by atoms with Gasteiger partial charge in [-0.15, -0.1) is 0 Å². The molecule has 1 aromatic rings. The summed E-state index contributed by atoms with van der Waals surface area (Å²) in [6.45, 7) is 4.42. The largest absolute Gasteiger partial charge is 0.316 e. The number of hydrogen-bond acceptors (Lipinski definition) is 1. The first-order valence-corrected chi connectivity index (χ1v) is 7.44. The molecule has 2 fully saturated rings. The van der Waals surface area contributed by atoms with Gasteiger partial charge >= 0.3 is 0 Å². The number of fused-ring (bicyclic) bond motifs is 1.